The minimum Gasteiger partial charge on any atom is -0.503 e. The van der Waals surface area contributed by atoms with Gasteiger partial charge < -0.3 is 15.2 Å². The molecule has 1 amide bonds. The number of rotatable bonds is 3. The largest absolute Gasteiger partial charge is 0.503 e. The van der Waals surface area contributed by atoms with Gasteiger partial charge in [-0.2, -0.15) is 0 Å². The summed E-state index contributed by atoms with van der Waals surface area (Å²) in [6, 6.07) is 3.26. The standard InChI is InChI=1S/C14H15BrF2N2O3/c1-22-10-3-8(2-9(15)11(10)20)4-19-6-13(16)5-18-12(21)14(13,17)7-19/h2-3,20H,4-7H2,1H3,(H,18,21)/t13-,14-/m0/s1. The molecule has 2 aliphatic heterocycles. The van der Waals surface area contributed by atoms with E-state index in [0.29, 0.717) is 10.0 Å². The van der Waals surface area contributed by atoms with Gasteiger partial charge >= 0.3 is 0 Å². The Kier molecular flexibility index (Phi) is 3.56. The SMILES string of the molecule is COc1cc(CN2C[C@@]3(F)CNC(=O)[C@@]3(F)C2)cc(Br)c1O. The average molecular weight is 377 g/mol. The molecular formula is C14H15BrF2N2O3. The third kappa shape index (κ3) is 2.16. The first-order valence-corrected chi connectivity index (χ1v) is 7.52. The number of carbonyl (C=O) groups excluding carboxylic acids is 1. The first-order valence-electron chi connectivity index (χ1n) is 6.73. The van der Waals surface area contributed by atoms with Gasteiger partial charge in [0, 0.05) is 19.6 Å². The van der Waals surface area contributed by atoms with Crippen LogP contribution < -0.4 is 10.1 Å². The number of nitrogens with one attached hydrogen (secondary N) is 1. The molecule has 2 aliphatic rings. The molecule has 0 unspecified atom stereocenters. The van der Waals surface area contributed by atoms with Crippen molar-refractivity contribution >= 4 is 21.8 Å². The Morgan fingerprint density at radius 3 is 2.82 bits per heavy atom. The van der Waals surface area contributed by atoms with Crippen LogP contribution in [0, 0.1) is 0 Å². The molecule has 2 fully saturated rings. The number of fused-ring (bicyclic) bond motifs is 1. The van der Waals surface area contributed by atoms with Gasteiger partial charge in [-0.1, -0.05) is 0 Å². The number of amides is 1. The lowest BCUT2D eigenvalue weighted by molar-refractivity contribution is -0.132. The van der Waals surface area contributed by atoms with Gasteiger partial charge in [0.25, 0.3) is 5.91 Å². The van der Waals surface area contributed by atoms with Gasteiger partial charge in [-0.3, -0.25) is 9.69 Å². The molecule has 2 N–H and O–H groups in total. The number of benzene rings is 1. The molecule has 2 heterocycles. The molecule has 0 aliphatic carbocycles. The number of phenolic OH excluding ortho intramolecular Hbond substituents is 1. The first-order chi connectivity index (χ1) is 10.3. The molecule has 2 atom stereocenters. The van der Waals surface area contributed by atoms with Crippen LogP contribution in [0.25, 0.3) is 0 Å². The fourth-order valence-corrected chi connectivity index (χ4v) is 3.55. The molecule has 1 aromatic carbocycles. The lowest BCUT2D eigenvalue weighted by Crippen LogP contribution is -2.47. The van der Waals surface area contributed by atoms with Crippen molar-refractivity contribution in [2.45, 2.75) is 17.9 Å². The number of alkyl halides is 2. The highest BCUT2D eigenvalue weighted by Crippen LogP contribution is 2.43. The van der Waals surface area contributed by atoms with E-state index in [-0.39, 0.29) is 37.7 Å². The molecule has 1 aromatic rings. The molecule has 0 radical (unpaired) electrons. The zero-order chi connectivity index (χ0) is 16.1. The van der Waals surface area contributed by atoms with Crippen LogP contribution >= 0.6 is 15.9 Å². The third-order valence-electron chi connectivity index (χ3n) is 4.23. The van der Waals surface area contributed by atoms with E-state index in [0.717, 1.165) is 0 Å². The van der Waals surface area contributed by atoms with Crippen molar-refractivity contribution in [1.82, 2.24) is 10.2 Å². The van der Waals surface area contributed by atoms with Gasteiger partial charge in [0.15, 0.2) is 17.2 Å². The van der Waals surface area contributed by atoms with Crippen molar-refractivity contribution in [3.63, 3.8) is 0 Å². The number of methoxy groups -OCH3 is 1. The first kappa shape index (κ1) is 15.5. The topological polar surface area (TPSA) is 61.8 Å². The van der Waals surface area contributed by atoms with Crippen LogP contribution in [0.15, 0.2) is 16.6 Å². The maximum Gasteiger partial charge on any atom is 0.262 e. The predicted molar refractivity (Wildman–Crippen MR) is 78.3 cm³/mol. The smallest absolute Gasteiger partial charge is 0.262 e. The Morgan fingerprint density at radius 2 is 2.18 bits per heavy atom. The van der Waals surface area contributed by atoms with Crippen molar-refractivity contribution in [2.75, 3.05) is 26.7 Å². The second kappa shape index (κ2) is 5.06. The van der Waals surface area contributed by atoms with Gasteiger partial charge in [0.05, 0.1) is 18.1 Å². The summed E-state index contributed by atoms with van der Waals surface area (Å²) in [4.78, 5) is 13.1. The molecule has 2 saturated heterocycles. The van der Waals surface area contributed by atoms with E-state index < -0.39 is 17.2 Å². The highest BCUT2D eigenvalue weighted by Gasteiger charge is 2.68. The summed E-state index contributed by atoms with van der Waals surface area (Å²) >= 11 is 3.21. The molecule has 8 heteroatoms. The second-order valence-electron chi connectivity index (χ2n) is 5.72. The number of phenols is 1. The van der Waals surface area contributed by atoms with Crippen LogP contribution in [0.3, 0.4) is 0 Å². The van der Waals surface area contributed by atoms with Crippen LogP contribution in [0.4, 0.5) is 8.78 Å². The Morgan fingerprint density at radius 1 is 1.45 bits per heavy atom. The maximum absolute atomic E-state index is 14.6. The minimum absolute atomic E-state index is 0.0344. The van der Waals surface area contributed by atoms with Crippen LogP contribution in [0.1, 0.15) is 5.56 Å². The summed E-state index contributed by atoms with van der Waals surface area (Å²) < 4.78 is 34.7. The van der Waals surface area contributed by atoms with Crippen LogP contribution in [-0.4, -0.2) is 54.0 Å². The summed E-state index contributed by atoms with van der Waals surface area (Å²) in [7, 11) is 1.42. The highest BCUT2D eigenvalue weighted by molar-refractivity contribution is 9.10. The van der Waals surface area contributed by atoms with Crippen LogP contribution in [0.2, 0.25) is 0 Å². The molecule has 0 aromatic heterocycles. The minimum atomic E-state index is -2.49. The number of halogens is 3. The molecule has 0 bridgehead atoms. The summed E-state index contributed by atoms with van der Waals surface area (Å²) in [5.74, 6) is -0.652. The fourth-order valence-electron chi connectivity index (χ4n) is 3.06. The molecule has 0 spiro atoms. The normalized spacial score (nSPS) is 31.2. The van der Waals surface area contributed by atoms with Gasteiger partial charge in [-0.15, -0.1) is 0 Å². The average Bonchev–Trinajstić information content (AvgIpc) is 2.83. The Bertz CT molecular complexity index is 645. The van der Waals surface area contributed by atoms with Crippen LogP contribution in [-0.2, 0) is 11.3 Å². The third-order valence-corrected chi connectivity index (χ3v) is 4.83. The van der Waals surface area contributed by atoms with Gasteiger partial charge in [-0.05, 0) is 33.6 Å². The molecule has 120 valence electrons. The van der Waals surface area contributed by atoms with Crippen LogP contribution in [0.5, 0.6) is 11.5 Å². The molecule has 0 saturated carbocycles. The number of hydrogen-bond acceptors (Lipinski definition) is 4. The second-order valence-corrected chi connectivity index (χ2v) is 6.58. The predicted octanol–water partition coefficient (Wildman–Crippen LogP) is 1.53. The van der Waals surface area contributed by atoms with Crippen molar-refractivity contribution in [2.24, 2.45) is 0 Å². The monoisotopic (exact) mass is 376 g/mol. The zero-order valence-corrected chi connectivity index (χ0v) is 13.4. The van der Waals surface area contributed by atoms with Gasteiger partial charge in [0.1, 0.15) is 0 Å². The molecule has 22 heavy (non-hydrogen) atoms. The molecule has 3 rings (SSSR count). The number of hydrogen-bond donors (Lipinski definition) is 2. The van der Waals surface area contributed by atoms with E-state index in [9.17, 15) is 18.7 Å². The van der Waals surface area contributed by atoms with Crippen molar-refractivity contribution in [1.29, 1.82) is 0 Å². The summed E-state index contributed by atoms with van der Waals surface area (Å²) in [6.07, 6.45) is 0. The summed E-state index contributed by atoms with van der Waals surface area (Å²) in [5, 5.41) is 12.0. The van der Waals surface area contributed by atoms with E-state index in [4.69, 9.17) is 4.74 Å². The molecule has 5 nitrogen and oxygen atoms in total. The van der Waals surface area contributed by atoms with Crippen molar-refractivity contribution in [3.8, 4) is 11.5 Å². The number of nitrogens with zero attached hydrogens (tertiary/aromatic N) is 1. The Labute approximate surface area is 134 Å². The number of aromatic hydroxyl groups is 1. The van der Waals surface area contributed by atoms with Crippen molar-refractivity contribution < 1.29 is 23.4 Å². The molecular weight excluding hydrogens is 362 g/mol. The lowest BCUT2D eigenvalue weighted by Gasteiger charge is -2.19. The van der Waals surface area contributed by atoms with Gasteiger partial charge in [0.2, 0.25) is 5.67 Å². The fraction of sp³-hybridized carbons (Fsp3) is 0.500. The Hall–Kier alpha value is -1.41. The van der Waals surface area contributed by atoms with E-state index in [1.54, 1.807) is 17.0 Å². The number of ether oxygens (including phenoxy) is 1. The quantitative estimate of drug-likeness (QED) is 0.839. The van der Waals surface area contributed by atoms with Crippen molar-refractivity contribution in [3.05, 3.63) is 22.2 Å². The Balaban J connectivity index is 1.82. The van der Waals surface area contributed by atoms with E-state index in [1.165, 1.54) is 7.11 Å². The lowest BCUT2D eigenvalue weighted by atomic mass is 9.93. The number of carbonyl (C=O) groups is 1. The van der Waals surface area contributed by atoms with E-state index in [2.05, 4.69) is 21.2 Å². The number of likely N-dealkylation sites (tertiary alicyclic amines) is 1. The zero-order valence-electron chi connectivity index (χ0n) is 11.8. The summed E-state index contributed by atoms with van der Waals surface area (Å²) in [6.45, 7) is -0.513. The highest BCUT2D eigenvalue weighted by atomic mass is 79.9. The van der Waals surface area contributed by atoms with E-state index >= 15 is 0 Å². The van der Waals surface area contributed by atoms with E-state index in [1.807, 2.05) is 0 Å². The van der Waals surface area contributed by atoms with Gasteiger partial charge in [-0.25, -0.2) is 8.78 Å². The maximum atomic E-state index is 14.6. The summed E-state index contributed by atoms with van der Waals surface area (Å²) in [5.41, 5.74) is -3.97.